The van der Waals surface area contributed by atoms with Crippen molar-refractivity contribution >= 4 is 11.6 Å². The summed E-state index contributed by atoms with van der Waals surface area (Å²) < 4.78 is 10.6. The van der Waals surface area contributed by atoms with Crippen molar-refractivity contribution in [1.29, 1.82) is 0 Å². The molecule has 1 amide bonds. The van der Waals surface area contributed by atoms with Gasteiger partial charge in [-0.05, 0) is 25.0 Å². The lowest BCUT2D eigenvalue weighted by Gasteiger charge is -2.33. The number of carbonyl (C=O) groups excluding carboxylic acids is 1. The van der Waals surface area contributed by atoms with Gasteiger partial charge in [0, 0.05) is 37.3 Å². The lowest BCUT2D eigenvalue weighted by Crippen LogP contribution is -2.43. The number of hydrogen-bond donors (Lipinski definition) is 2. The highest BCUT2D eigenvalue weighted by molar-refractivity contribution is 5.79. The van der Waals surface area contributed by atoms with Crippen LogP contribution in [0.2, 0.25) is 0 Å². The van der Waals surface area contributed by atoms with E-state index in [4.69, 9.17) is 9.47 Å². The largest absolute Gasteiger partial charge is 0.497 e. The van der Waals surface area contributed by atoms with Gasteiger partial charge in [0.25, 0.3) is 5.56 Å². The maximum absolute atomic E-state index is 12.7. The van der Waals surface area contributed by atoms with Crippen LogP contribution in [0.15, 0.2) is 35.3 Å². The fourth-order valence-electron chi connectivity index (χ4n) is 3.29. The molecule has 0 saturated carbocycles. The Morgan fingerprint density at radius 2 is 2.19 bits per heavy atom. The average molecular weight is 372 g/mol. The van der Waals surface area contributed by atoms with Gasteiger partial charge in [-0.3, -0.25) is 9.59 Å². The third kappa shape index (κ3) is 4.58. The van der Waals surface area contributed by atoms with Crippen molar-refractivity contribution in [2.24, 2.45) is 5.92 Å². The predicted octanol–water partition coefficient (Wildman–Crippen LogP) is 1.32. The minimum Gasteiger partial charge on any atom is -0.497 e. The molecule has 2 heterocycles. The summed E-state index contributed by atoms with van der Waals surface area (Å²) in [6.07, 6.45) is 3.32. The van der Waals surface area contributed by atoms with E-state index in [-0.39, 0.29) is 17.4 Å². The Hall–Kier alpha value is -3.03. The Bertz CT molecular complexity index is 852. The number of piperidine rings is 1. The van der Waals surface area contributed by atoms with E-state index in [0.717, 1.165) is 30.6 Å². The molecule has 1 aliphatic rings. The SMILES string of the molecule is COc1ccc(CNC(=O)[C@@H]2CCCN(c3cn[nH]c(=O)c3)C2)c(OC)c1. The van der Waals surface area contributed by atoms with Crippen molar-refractivity contribution in [3.8, 4) is 11.5 Å². The van der Waals surface area contributed by atoms with E-state index in [1.807, 2.05) is 17.0 Å². The van der Waals surface area contributed by atoms with E-state index in [1.54, 1.807) is 26.5 Å². The second-order valence-electron chi connectivity index (χ2n) is 6.48. The fourth-order valence-corrected chi connectivity index (χ4v) is 3.29. The monoisotopic (exact) mass is 372 g/mol. The zero-order valence-corrected chi connectivity index (χ0v) is 15.5. The van der Waals surface area contributed by atoms with Gasteiger partial charge in [0.2, 0.25) is 5.91 Å². The van der Waals surface area contributed by atoms with Crippen LogP contribution in [0, 0.1) is 5.92 Å². The molecule has 1 atom stereocenters. The number of hydrogen-bond acceptors (Lipinski definition) is 6. The van der Waals surface area contributed by atoms with Crippen molar-refractivity contribution < 1.29 is 14.3 Å². The Morgan fingerprint density at radius 3 is 2.93 bits per heavy atom. The van der Waals surface area contributed by atoms with E-state index in [0.29, 0.717) is 24.6 Å². The third-order valence-corrected chi connectivity index (χ3v) is 4.76. The smallest absolute Gasteiger partial charge is 0.266 e. The summed E-state index contributed by atoms with van der Waals surface area (Å²) in [6.45, 7) is 1.76. The first kappa shape index (κ1) is 18.8. The molecule has 1 aliphatic heterocycles. The van der Waals surface area contributed by atoms with Gasteiger partial charge in [0.1, 0.15) is 11.5 Å². The van der Waals surface area contributed by atoms with Gasteiger partial charge >= 0.3 is 0 Å². The molecule has 8 nitrogen and oxygen atoms in total. The molecular formula is C19H24N4O4. The van der Waals surface area contributed by atoms with Gasteiger partial charge < -0.3 is 19.7 Å². The quantitative estimate of drug-likeness (QED) is 0.794. The van der Waals surface area contributed by atoms with E-state index >= 15 is 0 Å². The maximum Gasteiger partial charge on any atom is 0.266 e. The Kier molecular flexibility index (Phi) is 5.95. The molecule has 0 spiro atoms. The minimum atomic E-state index is -0.245. The van der Waals surface area contributed by atoms with Gasteiger partial charge in [-0.1, -0.05) is 0 Å². The van der Waals surface area contributed by atoms with E-state index in [9.17, 15) is 9.59 Å². The van der Waals surface area contributed by atoms with Crippen LogP contribution in [-0.2, 0) is 11.3 Å². The summed E-state index contributed by atoms with van der Waals surface area (Å²) in [5.74, 6) is 1.24. The molecule has 0 radical (unpaired) electrons. The summed E-state index contributed by atoms with van der Waals surface area (Å²) in [5, 5.41) is 9.20. The molecule has 1 fully saturated rings. The zero-order chi connectivity index (χ0) is 19.2. The van der Waals surface area contributed by atoms with Gasteiger partial charge in [0.05, 0.1) is 32.0 Å². The van der Waals surface area contributed by atoms with Gasteiger partial charge in [-0.15, -0.1) is 0 Å². The van der Waals surface area contributed by atoms with Gasteiger partial charge in [-0.2, -0.15) is 5.10 Å². The number of rotatable bonds is 6. The number of benzene rings is 1. The molecule has 8 heteroatoms. The molecule has 0 bridgehead atoms. The number of H-pyrrole nitrogens is 1. The summed E-state index contributed by atoms with van der Waals surface area (Å²) in [4.78, 5) is 26.2. The number of amides is 1. The summed E-state index contributed by atoms with van der Waals surface area (Å²) in [5.41, 5.74) is 1.39. The molecule has 0 aliphatic carbocycles. The number of aromatic amines is 1. The molecular weight excluding hydrogens is 348 g/mol. The summed E-state index contributed by atoms with van der Waals surface area (Å²) in [7, 11) is 3.19. The van der Waals surface area contributed by atoms with Gasteiger partial charge in [0.15, 0.2) is 0 Å². The minimum absolute atomic E-state index is 0.00429. The first-order valence-electron chi connectivity index (χ1n) is 8.89. The van der Waals surface area contributed by atoms with E-state index in [2.05, 4.69) is 15.5 Å². The van der Waals surface area contributed by atoms with E-state index in [1.165, 1.54) is 6.07 Å². The number of ether oxygens (including phenoxy) is 2. The second-order valence-corrected chi connectivity index (χ2v) is 6.48. The van der Waals surface area contributed by atoms with Crippen LogP contribution < -0.4 is 25.2 Å². The van der Waals surface area contributed by atoms with Crippen molar-refractivity contribution in [2.75, 3.05) is 32.2 Å². The summed E-state index contributed by atoms with van der Waals surface area (Å²) in [6, 6.07) is 7.03. The molecule has 1 aromatic heterocycles. The normalized spacial score (nSPS) is 16.7. The van der Waals surface area contributed by atoms with Crippen molar-refractivity contribution in [2.45, 2.75) is 19.4 Å². The van der Waals surface area contributed by atoms with Crippen LogP contribution in [0.5, 0.6) is 11.5 Å². The first-order chi connectivity index (χ1) is 13.1. The zero-order valence-electron chi connectivity index (χ0n) is 15.5. The van der Waals surface area contributed by atoms with E-state index < -0.39 is 0 Å². The first-order valence-corrected chi connectivity index (χ1v) is 8.89. The van der Waals surface area contributed by atoms with Crippen LogP contribution in [-0.4, -0.2) is 43.4 Å². The molecule has 1 saturated heterocycles. The fraction of sp³-hybridized carbons (Fsp3) is 0.421. The molecule has 2 aromatic rings. The Balaban J connectivity index is 1.62. The molecule has 1 aromatic carbocycles. The molecule has 0 unspecified atom stereocenters. The topological polar surface area (TPSA) is 96.5 Å². The van der Waals surface area contributed by atoms with Crippen LogP contribution in [0.4, 0.5) is 5.69 Å². The Labute approximate surface area is 157 Å². The molecule has 2 N–H and O–H groups in total. The molecule has 144 valence electrons. The standard InChI is InChI=1S/C19H24N4O4/c1-26-16-6-5-13(17(9-16)27-2)10-20-19(25)14-4-3-7-23(12-14)15-8-18(24)22-21-11-15/h5-6,8-9,11,14H,3-4,7,10,12H2,1-2H3,(H,20,25)(H,22,24)/t14-/m1/s1. The van der Waals surface area contributed by atoms with Crippen LogP contribution >= 0.6 is 0 Å². The van der Waals surface area contributed by atoms with Crippen LogP contribution in [0.1, 0.15) is 18.4 Å². The highest BCUT2D eigenvalue weighted by Gasteiger charge is 2.26. The number of anilines is 1. The van der Waals surface area contributed by atoms with Crippen LogP contribution in [0.25, 0.3) is 0 Å². The number of aromatic nitrogens is 2. The highest BCUT2D eigenvalue weighted by Crippen LogP contribution is 2.25. The maximum atomic E-state index is 12.7. The number of nitrogens with one attached hydrogen (secondary N) is 2. The lowest BCUT2D eigenvalue weighted by atomic mass is 9.96. The van der Waals surface area contributed by atoms with Crippen molar-refractivity contribution in [3.05, 3.63) is 46.4 Å². The second kappa shape index (κ2) is 8.57. The number of carbonyl (C=O) groups is 1. The summed E-state index contributed by atoms with van der Waals surface area (Å²) >= 11 is 0. The highest BCUT2D eigenvalue weighted by atomic mass is 16.5. The van der Waals surface area contributed by atoms with Gasteiger partial charge in [-0.25, -0.2) is 5.10 Å². The van der Waals surface area contributed by atoms with Crippen molar-refractivity contribution in [3.63, 3.8) is 0 Å². The Morgan fingerprint density at radius 1 is 1.33 bits per heavy atom. The average Bonchev–Trinajstić information content (AvgIpc) is 2.72. The lowest BCUT2D eigenvalue weighted by molar-refractivity contribution is -0.125. The molecule has 3 rings (SSSR count). The number of methoxy groups -OCH3 is 2. The third-order valence-electron chi connectivity index (χ3n) is 4.76. The predicted molar refractivity (Wildman–Crippen MR) is 101 cm³/mol. The molecule has 27 heavy (non-hydrogen) atoms. The van der Waals surface area contributed by atoms with Crippen molar-refractivity contribution in [1.82, 2.24) is 15.5 Å². The number of nitrogens with zero attached hydrogens (tertiary/aromatic N) is 2. The van der Waals surface area contributed by atoms with Crippen LogP contribution in [0.3, 0.4) is 0 Å².